The molecule has 1 amide bonds. The molecule has 3 rings (SSSR count). The Morgan fingerprint density at radius 2 is 1.91 bits per heavy atom. The second-order valence-corrected chi connectivity index (χ2v) is 5.27. The minimum atomic E-state index is -0.873. The van der Waals surface area contributed by atoms with Gasteiger partial charge in [-0.1, -0.05) is 18.2 Å². The monoisotopic (exact) mass is 296 g/mol. The molecule has 0 atom stereocenters. The highest BCUT2D eigenvalue weighted by atomic mass is 16.4. The maximum absolute atomic E-state index is 12.2. The van der Waals surface area contributed by atoms with Gasteiger partial charge in [0.15, 0.2) is 0 Å². The molecule has 0 radical (unpaired) electrons. The number of carboxylic acid groups (broad SMARTS) is 1. The number of carboxylic acids is 1. The molecule has 3 N–H and O–H groups in total. The Morgan fingerprint density at radius 3 is 2.64 bits per heavy atom. The van der Waals surface area contributed by atoms with Crippen molar-refractivity contribution in [3.05, 3.63) is 59.2 Å². The number of aliphatic carboxylic acids is 1. The average Bonchev–Trinajstić information content (AvgIpc) is 2.96. The molecule has 5 heteroatoms. The van der Waals surface area contributed by atoms with Crippen molar-refractivity contribution in [3.8, 4) is 0 Å². The van der Waals surface area contributed by atoms with E-state index in [0.717, 1.165) is 18.7 Å². The third-order valence-electron chi connectivity index (χ3n) is 3.65. The van der Waals surface area contributed by atoms with Crippen LogP contribution < -0.4 is 10.6 Å². The number of hydrogen-bond acceptors (Lipinski definition) is 3. The third kappa shape index (κ3) is 3.09. The quantitative estimate of drug-likeness (QED) is 0.810. The van der Waals surface area contributed by atoms with Gasteiger partial charge >= 0.3 is 5.97 Å². The summed E-state index contributed by atoms with van der Waals surface area (Å²) in [6, 6.07) is 12.5. The maximum atomic E-state index is 12.2. The van der Waals surface area contributed by atoms with Crippen LogP contribution in [0.3, 0.4) is 0 Å². The van der Waals surface area contributed by atoms with E-state index in [1.807, 2.05) is 18.2 Å². The van der Waals surface area contributed by atoms with Crippen LogP contribution in [0.25, 0.3) is 0 Å². The molecule has 1 aliphatic rings. The number of rotatable bonds is 4. The summed E-state index contributed by atoms with van der Waals surface area (Å²) in [5, 5.41) is 14.8. The topological polar surface area (TPSA) is 78.4 Å². The fourth-order valence-electron chi connectivity index (χ4n) is 2.52. The van der Waals surface area contributed by atoms with Crippen molar-refractivity contribution in [3.63, 3.8) is 0 Å². The summed E-state index contributed by atoms with van der Waals surface area (Å²) >= 11 is 0. The number of carbonyl (C=O) groups is 2. The van der Waals surface area contributed by atoms with Gasteiger partial charge in [-0.15, -0.1) is 0 Å². The lowest BCUT2D eigenvalue weighted by atomic mass is 10.1. The number of hydrogen-bond donors (Lipinski definition) is 3. The maximum Gasteiger partial charge on any atom is 0.307 e. The van der Waals surface area contributed by atoms with E-state index in [-0.39, 0.29) is 12.3 Å². The molecule has 0 aromatic heterocycles. The summed E-state index contributed by atoms with van der Waals surface area (Å²) in [4.78, 5) is 22.9. The smallest absolute Gasteiger partial charge is 0.307 e. The molecule has 0 spiro atoms. The molecule has 2 aromatic carbocycles. The fraction of sp³-hybridized carbons (Fsp3) is 0.176. The standard InChI is InChI=1S/C17H16N2O3/c20-16(21)9-11-1-5-14(6-2-11)19-17(22)13-4-3-12-7-8-18-15(12)10-13/h1-6,10,18H,7-9H2,(H,19,22)(H,20,21). The van der Waals surface area contributed by atoms with Crippen molar-refractivity contribution in [2.75, 3.05) is 17.2 Å². The minimum Gasteiger partial charge on any atom is -0.481 e. The molecule has 0 aliphatic carbocycles. The summed E-state index contributed by atoms with van der Waals surface area (Å²) in [7, 11) is 0. The van der Waals surface area contributed by atoms with Crippen molar-refractivity contribution in [2.45, 2.75) is 12.8 Å². The first kappa shape index (κ1) is 14.1. The molecule has 1 aliphatic heterocycles. The van der Waals surface area contributed by atoms with Gasteiger partial charge in [-0.25, -0.2) is 0 Å². The summed E-state index contributed by atoms with van der Waals surface area (Å²) in [5.74, 6) is -1.05. The van der Waals surface area contributed by atoms with Crippen LogP contribution in [-0.4, -0.2) is 23.5 Å². The lowest BCUT2D eigenvalue weighted by molar-refractivity contribution is -0.136. The second-order valence-electron chi connectivity index (χ2n) is 5.27. The summed E-state index contributed by atoms with van der Waals surface area (Å²) in [5.41, 5.74) is 4.20. The van der Waals surface area contributed by atoms with Crippen LogP contribution >= 0.6 is 0 Å². The highest BCUT2D eigenvalue weighted by Gasteiger charge is 2.13. The lowest BCUT2D eigenvalue weighted by Gasteiger charge is -2.08. The van der Waals surface area contributed by atoms with Crippen LogP contribution in [0.15, 0.2) is 42.5 Å². The highest BCUT2D eigenvalue weighted by Crippen LogP contribution is 2.23. The Bertz CT molecular complexity index is 723. The van der Waals surface area contributed by atoms with Gasteiger partial charge in [0.2, 0.25) is 0 Å². The first-order chi connectivity index (χ1) is 10.6. The first-order valence-corrected chi connectivity index (χ1v) is 7.11. The Labute approximate surface area is 128 Å². The van der Waals surface area contributed by atoms with Crippen LogP contribution in [0.2, 0.25) is 0 Å². The van der Waals surface area contributed by atoms with Gasteiger partial charge < -0.3 is 15.7 Å². The molecule has 112 valence electrons. The molecular weight excluding hydrogens is 280 g/mol. The molecule has 2 aromatic rings. The van der Waals surface area contributed by atoms with E-state index < -0.39 is 5.97 Å². The number of anilines is 2. The predicted octanol–water partition coefficient (Wildman–Crippen LogP) is 2.53. The van der Waals surface area contributed by atoms with Gasteiger partial charge in [-0.05, 0) is 41.8 Å². The number of fused-ring (bicyclic) bond motifs is 1. The van der Waals surface area contributed by atoms with E-state index in [4.69, 9.17) is 5.11 Å². The first-order valence-electron chi connectivity index (χ1n) is 7.11. The van der Waals surface area contributed by atoms with Crippen LogP contribution in [0.5, 0.6) is 0 Å². The van der Waals surface area contributed by atoms with Crippen molar-refractivity contribution < 1.29 is 14.7 Å². The van der Waals surface area contributed by atoms with E-state index >= 15 is 0 Å². The Balaban J connectivity index is 1.70. The van der Waals surface area contributed by atoms with Crippen molar-refractivity contribution in [1.82, 2.24) is 0 Å². The summed E-state index contributed by atoms with van der Waals surface area (Å²) < 4.78 is 0. The Morgan fingerprint density at radius 1 is 1.14 bits per heavy atom. The van der Waals surface area contributed by atoms with Gasteiger partial charge in [-0.3, -0.25) is 9.59 Å². The van der Waals surface area contributed by atoms with Crippen molar-refractivity contribution in [1.29, 1.82) is 0 Å². The van der Waals surface area contributed by atoms with Crippen LogP contribution in [0.4, 0.5) is 11.4 Å². The summed E-state index contributed by atoms with van der Waals surface area (Å²) in [6.07, 6.45) is 0.965. The number of amides is 1. The highest BCUT2D eigenvalue weighted by molar-refractivity contribution is 6.05. The average molecular weight is 296 g/mol. The SMILES string of the molecule is O=C(O)Cc1ccc(NC(=O)c2ccc3c(c2)NCC3)cc1. The van der Waals surface area contributed by atoms with Crippen LogP contribution in [0, 0.1) is 0 Å². The van der Waals surface area contributed by atoms with E-state index in [1.165, 1.54) is 5.56 Å². The molecule has 0 bridgehead atoms. The lowest BCUT2D eigenvalue weighted by Crippen LogP contribution is -2.12. The largest absolute Gasteiger partial charge is 0.481 e. The predicted molar refractivity (Wildman–Crippen MR) is 84.4 cm³/mol. The molecule has 22 heavy (non-hydrogen) atoms. The number of carbonyl (C=O) groups excluding carboxylic acids is 1. The van der Waals surface area contributed by atoms with Crippen LogP contribution in [0.1, 0.15) is 21.5 Å². The number of benzene rings is 2. The van der Waals surface area contributed by atoms with E-state index in [1.54, 1.807) is 24.3 Å². The molecule has 5 nitrogen and oxygen atoms in total. The molecule has 0 saturated carbocycles. The van der Waals surface area contributed by atoms with Crippen molar-refractivity contribution in [2.24, 2.45) is 0 Å². The van der Waals surface area contributed by atoms with Crippen LogP contribution in [-0.2, 0) is 17.6 Å². The molecule has 0 unspecified atom stereocenters. The van der Waals surface area contributed by atoms with Gasteiger partial charge in [0.05, 0.1) is 6.42 Å². The minimum absolute atomic E-state index is 0.0231. The normalized spacial score (nSPS) is 12.4. The Hall–Kier alpha value is -2.82. The van der Waals surface area contributed by atoms with Gasteiger partial charge in [0, 0.05) is 23.5 Å². The number of nitrogens with one attached hydrogen (secondary N) is 2. The summed E-state index contributed by atoms with van der Waals surface area (Å²) in [6.45, 7) is 0.908. The zero-order valence-electron chi connectivity index (χ0n) is 11.9. The molecule has 1 heterocycles. The molecule has 0 fully saturated rings. The molecule has 0 saturated heterocycles. The second kappa shape index (κ2) is 5.89. The Kier molecular flexibility index (Phi) is 3.78. The zero-order valence-corrected chi connectivity index (χ0v) is 11.9. The van der Waals surface area contributed by atoms with E-state index in [0.29, 0.717) is 16.8 Å². The van der Waals surface area contributed by atoms with E-state index in [2.05, 4.69) is 10.6 Å². The van der Waals surface area contributed by atoms with E-state index in [9.17, 15) is 9.59 Å². The van der Waals surface area contributed by atoms with Crippen molar-refractivity contribution >= 4 is 23.3 Å². The van der Waals surface area contributed by atoms with Gasteiger partial charge in [0.1, 0.15) is 0 Å². The zero-order chi connectivity index (χ0) is 15.5. The van der Waals surface area contributed by atoms with Gasteiger partial charge in [-0.2, -0.15) is 0 Å². The fourth-order valence-corrected chi connectivity index (χ4v) is 2.52. The molecular formula is C17H16N2O3. The third-order valence-corrected chi connectivity index (χ3v) is 3.65. The van der Waals surface area contributed by atoms with Gasteiger partial charge in [0.25, 0.3) is 5.91 Å².